The van der Waals surface area contributed by atoms with Gasteiger partial charge in [0.1, 0.15) is 5.56 Å². The second-order valence-corrected chi connectivity index (χ2v) is 3.62. The first-order chi connectivity index (χ1) is 8.27. The van der Waals surface area contributed by atoms with E-state index in [0.717, 1.165) is 17.5 Å². The summed E-state index contributed by atoms with van der Waals surface area (Å²) < 4.78 is 11.5. The van der Waals surface area contributed by atoms with Crippen molar-refractivity contribution in [2.45, 2.75) is 6.42 Å². The van der Waals surface area contributed by atoms with Crippen molar-refractivity contribution in [2.24, 2.45) is 0 Å². The van der Waals surface area contributed by atoms with E-state index in [-0.39, 0.29) is 5.97 Å². The van der Waals surface area contributed by atoms with Crippen molar-refractivity contribution < 1.29 is 14.3 Å². The number of methoxy groups -OCH3 is 2. The molecule has 0 unspecified atom stereocenters. The van der Waals surface area contributed by atoms with Crippen molar-refractivity contribution >= 4 is 11.5 Å². The van der Waals surface area contributed by atoms with E-state index in [1.165, 1.54) is 13.3 Å². The zero-order chi connectivity index (χ0) is 12.3. The van der Waals surface area contributed by atoms with Crippen LogP contribution in [0.2, 0.25) is 0 Å². The van der Waals surface area contributed by atoms with Crippen LogP contribution in [0.5, 0.6) is 0 Å². The fraction of sp³-hybridized carbons (Fsp3) is 0.333. The summed E-state index contributed by atoms with van der Waals surface area (Å²) in [5.41, 5.74) is 2.29. The largest absolute Gasteiger partial charge is 0.465 e. The monoisotopic (exact) mass is 234 g/mol. The third-order valence-electron chi connectivity index (χ3n) is 2.61. The van der Waals surface area contributed by atoms with Gasteiger partial charge in [-0.2, -0.15) is 5.10 Å². The zero-order valence-electron chi connectivity index (χ0n) is 9.84. The van der Waals surface area contributed by atoms with Gasteiger partial charge in [-0.3, -0.25) is 0 Å². The van der Waals surface area contributed by atoms with Crippen LogP contribution in [0.4, 0.5) is 0 Å². The summed E-state index contributed by atoms with van der Waals surface area (Å²) in [4.78, 5) is 11.6. The van der Waals surface area contributed by atoms with Gasteiger partial charge in [-0.05, 0) is 18.1 Å². The van der Waals surface area contributed by atoms with Crippen LogP contribution in [0.1, 0.15) is 15.9 Å². The van der Waals surface area contributed by atoms with Crippen molar-refractivity contribution in [1.29, 1.82) is 0 Å². The minimum Gasteiger partial charge on any atom is -0.465 e. The lowest BCUT2D eigenvalue weighted by Crippen LogP contribution is -2.04. The topological polar surface area (TPSA) is 52.8 Å². The Hall–Kier alpha value is -1.88. The number of hydrogen-bond donors (Lipinski definition) is 0. The summed E-state index contributed by atoms with van der Waals surface area (Å²) in [6.07, 6.45) is 4.06. The molecule has 0 N–H and O–H groups in total. The number of carbonyl (C=O) groups is 1. The fourth-order valence-corrected chi connectivity index (χ4v) is 1.79. The number of fused-ring (bicyclic) bond motifs is 1. The molecule has 5 heteroatoms. The Balaban J connectivity index is 2.51. The van der Waals surface area contributed by atoms with E-state index >= 15 is 0 Å². The van der Waals surface area contributed by atoms with Crippen LogP contribution in [-0.4, -0.2) is 36.4 Å². The number of rotatable bonds is 4. The van der Waals surface area contributed by atoms with Gasteiger partial charge in [0, 0.05) is 13.3 Å². The predicted molar refractivity (Wildman–Crippen MR) is 62.1 cm³/mol. The molecule has 0 saturated carbocycles. The van der Waals surface area contributed by atoms with Gasteiger partial charge in [0.05, 0.1) is 25.4 Å². The molecule has 90 valence electrons. The third-order valence-corrected chi connectivity index (χ3v) is 2.61. The van der Waals surface area contributed by atoms with Crippen molar-refractivity contribution in [3.63, 3.8) is 0 Å². The van der Waals surface area contributed by atoms with E-state index < -0.39 is 0 Å². The molecular formula is C12H14N2O3. The second kappa shape index (κ2) is 4.97. The number of hydrogen-bond acceptors (Lipinski definition) is 4. The standard InChI is InChI=1S/C12H14N2O3/c1-16-7-5-9-4-3-6-14-11(9)10(8-13-14)12(15)17-2/h3-4,6,8H,5,7H2,1-2H3. The van der Waals surface area contributed by atoms with Crippen LogP contribution in [0.25, 0.3) is 5.52 Å². The first kappa shape index (κ1) is 11.6. The van der Waals surface area contributed by atoms with Crippen LogP contribution in [0.3, 0.4) is 0 Å². The summed E-state index contributed by atoms with van der Waals surface area (Å²) in [7, 11) is 3.02. The quantitative estimate of drug-likeness (QED) is 0.748. The van der Waals surface area contributed by atoms with Crippen molar-refractivity contribution in [2.75, 3.05) is 20.8 Å². The lowest BCUT2D eigenvalue weighted by atomic mass is 10.1. The van der Waals surface area contributed by atoms with E-state index in [9.17, 15) is 4.79 Å². The van der Waals surface area contributed by atoms with Gasteiger partial charge < -0.3 is 9.47 Å². The zero-order valence-corrected chi connectivity index (χ0v) is 9.84. The van der Waals surface area contributed by atoms with Gasteiger partial charge in [-0.1, -0.05) is 6.07 Å². The number of aromatic nitrogens is 2. The molecule has 0 radical (unpaired) electrons. The fourth-order valence-electron chi connectivity index (χ4n) is 1.79. The lowest BCUT2D eigenvalue weighted by molar-refractivity contribution is 0.0603. The molecule has 0 aliphatic heterocycles. The Kier molecular flexibility index (Phi) is 3.39. The Labute approximate surface area is 99.0 Å². The van der Waals surface area contributed by atoms with E-state index in [0.29, 0.717) is 12.2 Å². The SMILES string of the molecule is COCCc1cccn2ncc(C(=O)OC)c12. The van der Waals surface area contributed by atoms with Crippen LogP contribution in [0.15, 0.2) is 24.5 Å². The first-order valence-corrected chi connectivity index (χ1v) is 5.30. The summed E-state index contributed by atoms with van der Waals surface area (Å²) in [5.74, 6) is -0.370. The van der Waals surface area contributed by atoms with Gasteiger partial charge in [0.25, 0.3) is 0 Å². The molecule has 0 aromatic carbocycles. The first-order valence-electron chi connectivity index (χ1n) is 5.30. The Bertz CT molecular complexity index is 534. The number of nitrogens with zero attached hydrogens (tertiary/aromatic N) is 2. The van der Waals surface area contributed by atoms with Crippen molar-refractivity contribution in [3.8, 4) is 0 Å². The highest BCUT2D eigenvalue weighted by molar-refractivity contribution is 5.97. The number of carbonyl (C=O) groups excluding carboxylic acids is 1. The molecule has 0 atom stereocenters. The summed E-state index contributed by atoms with van der Waals surface area (Å²) in [6.45, 7) is 0.603. The molecule has 5 nitrogen and oxygen atoms in total. The molecule has 0 bridgehead atoms. The average Bonchev–Trinajstić information content (AvgIpc) is 2.79. The molecule has 2 aromatic rings. The minimum absolute atomic E-state index is 0.370. The van der Waals surface area contributed by atoms with Crippen LogP contribution in [0, 0.1) is 0 Å². The highest BCUT2D eigenvalue weighted by Crippen LogP contribution is 2.17. The van der Waals surface area contributed by atoms with Gasteiger partial charge in [-0.25, -0.2) is 9.31 Å². The van der Waals surface area contributed by atoms with E-state index in [1.54, 1.807) is 17.8 Å². The van der Waals surface area contributed by atoms with Gasteiger partial charge in [-0.15, -0.1) is 0 Å². The van der Waals surface area contributed by atoms with Crippen LogP contribution in [-0.2, 0) is 15.9 Å². The Morgan fingerprint density at radius 3 is 3.00 bits per heavy atom. The molecule has 2 rings (SSSR count). The highest BCUT2D eigenvalue weighted by atomic mass is 16.5. The van der Waals surface area contributed by atoms with E-state index in [1.807, 2.05) is 12.1 Å². The summed E-state index contributed by atoms with van der Waals surface area (Å²) in [6, 6.07) is 3.86. The summed E-state index contributed by atoms with van der Waals surface area (Å²) in [5, 5.41) is 4.13. The van der Waals surface area contributed by atoms with E-state index in [2.05, 4.69) is 5.10 Å². The normalized spacial score (nSPS) is 10.7. The Morgan fingerprint density at radius 2 is 2.29 bits per heavy atom. The maximum absolute atomic E-state index is 11.6. The minimum atomic E-state index is -0.370. The summed E-state index contributed by atoms with van der Waals surface area (Å²) >= 11 is 0. The number of esters is 1. The van der Waals surface area contributed by atoms with Gasteiger partial charge in [0.2, 0.25) is 0 Å². The molecule has 0 fully saturated rings. The van der Waals surface area contributed by atoms with E-state index in [4.69, 9.17) is 9.47 Å². The average molecular weight is 234 g/mol. The maximum atomic E-state index is 11.6. The lowest BCUT2D eigenvalue weighted by Gasteiger charge is -2.05. The van der Waals surface area contributed by atoms with Crippen molar-refractivity contribution in [3.05, 3.63) is 35.7 Å². The maximum Gasteiger partial charge on any atom is 0.341 e. The predicted octanol–water partition coefficient (Wildman–Crippen LogP) is 1.31. The smallest absolute Gasteiger partial charge is 0.341 e. The molecule has 0 spiro atoms. The van der Waals surface area contributed by atoms with Gasteiger partial charge >= 0.3 is 5.97 Å². The molecular weight excluding hydrogens is 220 g/mol. The van der Waals surface area contributed by atoms with Crippen molar-refractivity contribution in [1.82, 2.24) is 9.61 Å². The number of pyridine rings is 1. The molecule has 2 aromatic heterocycles. The highest BCUT2D eigenvalue weighted by Gasteiger charge is 2.15. The molecule has 0 aliphatic carbocycles. The Morgan fingerprint density at radius 1 is 1.47 bits per heavy atom. The molecule has 2 heterocycles. The molecule has 17 heavy (non-hydrogen) atoms. The van der Waals surface area contributed by atoms with Gasteiger partial charge in [0.15, 0.2) is 0 Å². The molecule has 0 saturated heterocycles. The third kappa shape index (κ3) is 2.14. The number of ether oxygens (including phenoxy) is 2. The molecule has 0 aliphatic rings. The van der Waals surface area contributed by atoms with Crippen LogP contribution < -0.4 is 0 Å². The van der Waals surface area contributed by atoms with Crippen LogP contribution >= 0.6 is 0 Å². The second-order valence-electron chi connectivity index (χ2n) is 3.62. The molecule has 0 amide bonds.